The van der Waals surface area contributed by atoms with E-state index in [2.05, 4.69) is 277 Å². The summed E-state index contributed by atoms with van der Waals surface area (Å²) in [4.78, 5) is 0. The monoisotopic (exact) mass is 1250 g/mol. The molecule has 0 aliphatic carbocycles. The van der Waals surface area contributed by atoms with Crippen LogP contribution in [-0.4, -0.2) is 79.3 Å². The fourth-order valence-electron chi connectivity index (χ4n) is 13.7. The highest BCUT2D eigenvalue weighted by atomic mass is 79.9. The van der Waals surface area contributed by atoms with E-state index >= 15 is 0 Å². The fourth-order valence-corrected chi connectivity index (χ4v) is 13.9. The normalized spacial score (nSPS) is 13.1. The number of rotatable bonds is 23. The van der Waals surface area contributed by atoms with Crippen molar-refractivity contribution in [3.63, 3.8) is 0 Å². The summed E-state index contributed by atoms with van der Waals surface area (Å²) in [5.41, 5.74) is 12.4. The van der Waals surface area contributed by atoms with E-state index in [4.69, 9.17) is 18.9 Å². The Morgan fingerprint density at radius 3 is 0.744 bits per heavy atom. The van der Waals surface area contributed by atoms with Gasteiger partial charge in [0, 0.05) is 97.6 Å². The Hall–Kier alpha value is -9.46. The maximum atomic E-state index is 11.6. The molecule has 0 fully saturated rings. The zero-order valence-corrected chi connectivity index (χ0v) is 51.2. The minimum atomic E-state index is -0.889. The SMILES string of the molecule is OC(COc1ccc(C(c2ccc(Br)cc2)c2ccc(OCC(O)COC(Cn3c4ccccc4c4ccccc43)Cn3c4ccccc4c4ccccc43)cc2)cc1)COC(Cn1c2ccccc2c2ccccc21)Cn1c2ccccc2c2ccccc21. The van der Waals surface area contributed by atoms with Gasteiger partial charge in [0.1, 0.15) is 36.9 Å². The molecule has 0 radical (unpaired) electrons. The molecule has 15 aromatic rings. The number of benzene rings is 11. The second-order valence-corrected chi connectivity index (χ2v) is 24.5. The standard InChI is InChI=1S/C79H67BrN4O6/c80-56-39-33-53(34-40-56)79(54-35-41-59(42-36-54)87-49-57(85)51-89-61(45-81-71-25-9-1-17-63(71)64-18-2-10-26-72(64)81)46-82-73-27-11-3-19-65(73)66-20-4-12-28-74(66)82)55-37-43-60(44-38-55)88-50-58(86)52-90-62(47-83-75-29-13-5-21-67(75)68-22-6-14-30-76(68)83)48-84-77-31-15-7-23-69(77)70-24-8-16-32-78(70)84/h1-44,57-58,61-62,79,85-86H,45-52H2. The molecule has 0 saturated heterocycles. The lowest BCUT2D eigenvalue weighted by atomic mass is 9.85. The first kappa shape index (κ1) is 57.0. The third-order valence-electron chi connectivity index (χ3n) is 17.8. The lowest BCUT2D eigenvalue weighted by Crippen LogP contribution is -2.31. The van der Waals surface area contributed by atoms with Crippen LogP contribution in [0.15, 0.2) is 271 Å². The van der Waals surface area contributed by atoms with Gasteiger partial charge in [-0.05, 0) is 102 Å². The zero-order valence-electron chi connectivity index (χ0n) is 49.6. The first-order chi connectivity index (χ1) is 44.4. The van der Waals surface area contributed by atoms with Crippen molar-refractivity contribution in [3.05, 3.63) is 288 Å². The number of aliphatic hydroxyl groups excluding tert-OH is 2. The van der Waals surface area contributed by atoms with Crippen molar-refractivity contribution in [3.8, 4) is 11.5 Å². The van der Waals surface area contributed by atoms with Crippen LogP contribution in [-0.2, 0) is 35.7 Å². The number of hydrogen-bond acceptors (Lipinski definition) is 6. The van der Waals surface area contributed by atoms with E-state index in [9.17, 15) is 10.2 Å². The Labute approximate surface area is 530 Å². The molecule has 2 unspecified atom stereocenters. The summed E-state index contributed by atoms with van der Waals surface area (Å²) in [7, 11) is 0. The van der Waals surface area contributed by atoms with E-state index in [1.807, 2.05) is 24.3 Å². The van der Waals surface area contributed by atoms with Crippen LogP contribution in [0.5, 0.6) is 11.5 Å². The van der Waals surface area contributed by atoms with Gasteiger partial charge >= 0.3 is 0 Å². The molecule has 2 N–H and O–H groups in total. The molecule has 2 atom stereocenters. The topological polar surface area (TPSA) is 97.1 Å². The van der Waals surface area contributed by atoms with Crippen molar-refractivity contribution in [1.29, 1.82) is 0 Å². The van der Waals surface area contributed by atoms with E-state index in [0.717, 1.165) is 65.3 Å². The van der Waals surface area contributed by atoms with Crippen LogP contribution in [0.4, 0.5) is 0 Å². The Bertz CT molecular complexity index is 4270. The van der Waals surface area contributed by atoms with Gasteiger partial charge in [-0.3, -0.25) is 0 Å². The predicted octanol–water partition coefficient (Wildman–Crippen LogP) is 17.1. The van der Waals surface area contributed by atoms with Gasteiger partial charge in [0.05, 0.1) is 51.6 Å². The van der Waals surface area contributed by atoms with Crippen molar-refractivity contribution in [2.24, 2.45) is 0 Å². The number of nitrogens with zero attached hydrogens (tertiary/aromatic N) is 4. The fraction of sp³-hybridized carbons (Fsp3) is 0.165. The maximum Gasteiger partial charge on any atom is 0.119 e. The van der Waals surface area contributed by atoms with Gasteiger partial charge in [0.25, 0.3) is 0 Å². The second-order valence-electron chi connectivity index (χ2n) is 23.5. The molecule has 0 aliphatic heterocycles. The largest absolute Gasteiger partial charge is 0.491 e. The van der Waals surface area contributed by atoms with Crippen LogP contribution in [0.2, 0.25) is 0 Å². The number of fused-ring (bicyclic) bond motifs is 12. The van der Waals surface area contributed by atoms with E-state index in [0.29, 0.717) is 37.7 Å². The molecule has 0 aliphatic rings. The minimum Gasteiger partial charge on any atom is -0.491 e. The first-order valence-corrected chi connectivity index (χ1v) is 31.8. The molecule has 11 aromatic carbocycles. The van der Waals surface area contributed by atoms with Crippen LogP contribution in [0, 0.1) is 0 Å². The molecule has 4 aromatic heterocycles. The Morgan fingerprint density at radius 1 is 0.278 bits per heavy atom. The Balaban J connectivity index is 0.618. The zero-order chi connectivity index (χ0) is 60.5. The average molecular weight is 1250 g/mol. The highest BCUT2D eigenvalue weighted by Gasteiger charge is 2.24. The number of halogens is 1. The Kier molecular flexibility index (Phi) is 16.0. The summed E-state index contributed by atoms with van der Waals surface area (Å²) in [6.45, 7) is 2.61. The molecule has 15 rings (SSSR count). The van der Waals surface area contributed by atoms with Gasteiger partial charge in [-0.1, -0.05) is 198 Å². The quantitative estimate of drug-likeness (QED) is 0.0620. The smallest absolute Gasteiger partial charge is 0.119 e. The van der Waals surface area contributed by atoms with Crippen molar-refractivity contribution >= 4 is 103 Å². The summed E-state index contributed by atoms with van der Waals surface area (Å²) in [5.74, 6) is 1.19. The molecule has 4 heterocycles. The van der Waals surface area contributed by atoms with E-state index in [1.165, 1.54) is 43.1 Å². The average Bonchev–Trinajstić information content (AvgIpc) is 2.97. The molecule has 446 valence electrons. The Morgan fingerprint density at radius 2 is 0.500 bits per heavy atom. The van der Waals surface area contributed by atoms with Crippen molar-refractivity contribution in [1.82, 2.24) is 18.3 Å². The van der Waals surface area contributed by atoms with E-state index < -0.39 is 12.2 Å². The second kappa shape index (κ2) is 25.2. The maximum absolute atomic E-state index is 11.6. The number of aromatic nitrogens is 4. The van der Waals surface area contributed by atoms with Crippen LogP contribution in [0.1, 0.15) is 22.6 Å². The van der Waals surface area contributed by atoms with Gasteiger partial charge in [0.15, 0.2) is 0 Å². The summed E-state index contributed by atoms with van der Waals surface area (Å²) in [5, 5.41) is 32.8. The van der Waals surface area contributed by atoms with Crippen LogP contribution < -0.4 is 9.47 Å². The third kappa shape index (κ3) is 11.3. The van der Waals surface area contributed by atoms with Crippen molar-refractivity contribution in [2.75, 3.05) is 26.4 Å². The van der Waals surface area contributed by atoms with Gasteiger partial charge in [-0.15, -0.1) is 0 Å². The lowest BCUT2D eigenvalue weighted by Gasteiger charge is -2.24. The van der Waals surface area contributed by atoms with E-state index in [1.54, 1.807) is 0 Å². The summed E-state index contributed by atoms with van der Waals surface area (Å²) in [6, 6.07) is 93.0. The summed E-state index contributed by atoms with van der Waals surface area (Å²) < 4.78 is 36.7. The lowest BCUT2D eigenvalue weighted by molar-refractivity contribution is -0.0344. The van der Waals surface area contributed by atoms with Gasteiger partial charge in [-0.2, -0.15) is 0 Å². The van der Waals surface area contributed by atoms with Gasteiger partial charge in [-0.25, -0.2) is 0 Å². The number of hydrogen-bond donors (Lipinski definition) is 2. The van der Waals surface area contributed by atoms with Crippen LogP contribution in [0.25, 0.3) is 87.2 Å². The molecule has 0 spiro atoms. The van der Waals surface area contributed by atoms with Gasteiger partial charge in [0.2, 0.25) is 0 Å². The molecule has 90 heavy (non-hydrogen) atoms. The summed E-state index contributed by atoms with van der Waals surface area (Å²) in [6.07, 6.45) is -2.38. The highest BCUT2D eigenvalue weighted by molar-refractivity contribution is 9.10. The van der Waals surface area contributed by atoms with Gasteiger partial charge < -0.3 is 47.4 Å². The van der Waals surface area contributed by atoms with Crippen molar-refractivity contribution in [2.45, 2.75) is 56.5 Å². The summed E-state index contributed by atoms with van der Waals surface area (Å²) >= 11 is 3.65. The minimum absolute atomic E-state index is 0.0567. The molecule has 0 saturated carbocycles. The number of ether oxygens (including phenoxy) is 4. The van der Waals surface area contributed by atoms with Crippen molar-refractivity contribution < 1.29 is 29.2 Å². The first-order valence-electron chi connectivity index (χ1n) is 31.0. The molecule has 11 heteroatoms. The van der Waals surface area contributed by atoms with E-state index in [-0.39, 0.29) is 44.6 Å². The number of para-hydroxylation sites is 8. The predicted molar refractivity (Wildman–Crippen MR) is 368 cm³/mol. The molecule has 10 nitrogen and oxygen atoms in total. The van der Waals surface area contributed by atoms with Crippen LogP contribution in [0.3, 0.4) is 0 Å². The molecule has 0 bridgehead atoms. The third-order valence-corrected chi connectivity index (χ3v) is 18.4. The molecule has 0 amide bonds. The molecular weight excluding hydrogens is 1180 g/mol. The van der Waals surface area contributed by atoms with Crippen LogP contribution >= 0.6 is 15.9 Å². The highest BCUT2D eigenvalue weighted by Crippen LogP contribution is 2.37. The molecular formula is C79H67BrN4O6. The number of aliphatic hydroxyl groups is 2.